The molecule has 1 unspecified atom stereocenters. The molecule has 1 atom stereocenters. The Morgan fingerprint density at radius 3 is 2.14 bits per heavy atom. The molecule has 0 fully saturated rings. The lowest BCUT2D eigenvalue weighted by Gasteiger charge is -2.13. The molecule has 0 saturated carbocycles. The number of hydroxylamine groups is 2. The Hall–Kier alpha value is -0.220. The monoisotopic (exact) mass is 111 g/mol. The lowest BCUT2D eigenvalue weighted by atomic mass is 10.7. The minimum absolute atomic E-state index is 0.463. The van der Waals surface area contributed by atoms with Gasteiger partial charge in [0.05, 0.1) is 7.05 Å². The van der Waals surface area contributed by atoms with Crippen LogP contribution in [-0.4, -0.2) is 20.0 Å². The molecule has 0 aromatic rings. The molecular weight excluding hydrogens is 104 g/mol. The van der Waals surface area contributed by atoms with E-state index in [0.717, 1.165) is 7.05 Å². The largest absolute Gasteiger partial charge is 0.634 e. The second-order valence-electron chi connectivity index (χ2n) is 1.30. The fourth-order valence-electron chi connectivity index (χ4n) is 0.217. The highest BCUT2D eigenvalue weighted by atomic mass is 19.3. The predicted octanol–water partition coefficient (Wildman–Crippen LogP) is -0.736. The molecule has 0 bridgehead atoms. The molecule has 0 aliphatic carbocycles. The maximum atomic E-state index is 11.1. The number of rotatable bonds is 2. The van der Waals surface area contributed by atoms with Crippen LogP contribution in [0.15, 0.2) is 0 Å². The van der Waals surface area contributed by atoms with E-state index in [9.17, 15) is 14.0 Å². The van der Waals surface area contributed by atoms with Crippen molar-refractivity contribution in [2.75, 3.05) is 13.6 Å². The molecule has 4 heteroatoms. The standard InChI is InChI=1S/C3H7F2NO/c1-6(7)2-3(4)5/h3,6H,2H2,1H3. The van der Waals surface area contributed by atoms with Crippen LogP contribution in [0.5, 0.6) is 0 Å². The molecule has 0 amide bonds. The van der Waals surface area contributed by atoms with E-state index in [1.807, 2.05) is 0 Å². The molecule has 1 N–H and O–H groups in total. The van der Waals surface area contributed by atoms with Crippen LogP contribution < -0.4 is 5.06 Å². The molecule has 0 spiro atoms. The SMILES string of the molecule is C[NH+]([O-])CC(F)F. The van der Waals surface area contributed by atoms with E-state index in [1.54, 1.807) is 0 Å². The quantitative estimate of drug-likeness (QED) is 0.467. The van der Waals surface area contributed by atoms with E-state index in [1.165, 1.54) is 0 Å². The molecule has 0 aliphatic rings. The van der Waals surface area contributed by atoms with Gasteiger partial charge in [-0.1, -0.05) is 0 Å². The molecule has 0 aromatic carbocycles. The first-order chi connectivity index (χ1) is 3.13. The van der Waals surface area contributed by atoms with Crippen molar-refractivity contribution in [2.24, 2.45) is 0 Å². The molecule has 0 aromatic heterocycles. The highest BCUT2D eigenvalue weighted by Crippen LogP contribution is 1.83. The van der Waals surface area contributed by atoms with Crippen LogP contribution in [0.25, 0.3) is 0 Å². The lowest BCUT2D eigenvalue weighted by molar-refractivity contribution is -0.830. The summed E-state index contributed by atoms with van der Waals surface area (Å²) in [5, 5.41) is 9.31. The van der Waals surface area contributed by atoms with E-state index in [2.05, 4.69) is 0 Å². The van der Waals surface area contributed by atoms with Gasteiger partial charge in [-0.3, -0.25) is 0 Å². The van der Waals surface area contributed by atoms with Crippen LogP contribution in [0.4, 0.5) is 8.78 Å². The molecule has 44 valence electrons. The first-order valence-corrected chi connectivity index (χ1v) is 1.90. The van der Waals surface area contributed by atoms with Gasteiger partial charge in [-0.2, -0.15) is 0 Å². The number of hydrogen-bond acceptors (Lipinski definition) is 1. The maximum absolute atomic E-state index is 11.1. The van der Waals surface area contributed by atoms with Gasteiger partial charge in [-0.25, -0.2) is 8.78 Å². The molecule has 0 aliphatic heterocycles. The average molecular weight is 111 g/mol. The van der Waals surface area contributed by atoms with Gasteiger partial charge in [0, 0.05) is 0 Å². The van der Waals surface area contributed by atoms with Gasteiger partial charge in [0.15, 0.2) is 0 Å². The number of halogens is 2. The summed E-state index contributed by atoms with van der Waals surface area (Å²) in [5.74, 6) is 0. The van der Waals surface area contributed by atoms with E-state index in [-0.39, 0.29) is 0 Å². The second-order valence-corrected chi connectivity index (χ2v) is 1.30. The van der Waals surface area contributed by atoms with Crippen molar-refractivity contribution in [1.29, 1.82) is 0 Å². The normalized spacial score (nSPS) is 15.0. The highest BCUT2D eigenvalue weighted by Gasteiger charge is 2.02. The molecule has 0 saturated heterocycles. The van der Waals surface area contributed by atoms with Crippen LogP contribution in [0, 0.1) is 5.21 Å². The van der Waals surface area contributed by atoms with Crippen molar-refractivity contribution >= 4 is 0 Å². The van der Waals surface area contributed by atoms with Crippen LogP contribution in [0.3, 0.4) is 0 Å². The van der Waals surface area contributed by atoms with Gasteiger partial charge in [-0.15, -0.1) is 0 Å². The predicted molar refractivity (Wildman–Crippen MR) is 21.1 cm³/mol. The van der Waals surface area contributed by atoms with Crippen LogP contribution in [-0.2, 0) is 0 Å². The summed E-state index contributed by atoms with van der Waals surface area (Å²) in [6, 6.07) is 0. The number of hydrogen-bond donors (Lipinski definition) is 1. The first kappa shape index (κ1) is 6.78. The van der Waals surface area contributed by atoms with Gasteiger partial charge in [0.25, 0.3) is 6.43 Å². The van der Waals surface area contributed by atoms with E-state index < -0.39 is 18.0 Å². The van der Waals surface area contributed by atoms with E-state index in [0.29, 0.717) is 0 Å². The number of quaternary nitrogens is 1. The second kappa shape index (κ2) is 2.87. The third kappa shape index (κ3) is 5.78. The molecule has 7 heavy (non-hydrogen) atoms. The van der Waals surface area contributed by atoms with Crippen molar-refractivity contribution < 1.29 is 13.8 Å². The van der Waals surface area contributed by atoms with Crippen molar-refractivity contribution in [3.63, 3.8) is 0 Å². The van der Waals surface area contributed by atoms with E-state index >= 15 is 0 Å². The third-order valence-corrected chi connectivity index (χ3v) is 0.442. The van der Waals surface area contributed by atoms with E-state index in [4.69, 9.17) is 0 Å². The Morgan fingerprint density at radius 2 is 2.14 bits per heavy atom. The molecule has 2 nitrogen and oxygen atoms in total. The molecule has 0 heterocycles. The summed E-state index contributed by atoms with van der Waals surface area (Å²) in [6.07, 6.45) is -2.47. The molecule has 0 radical (unpaired) electrons. The van der Waals surface area contributed by atoms with Gasteiger partial charge in [0.1, 0.15) is 6.54 Å². The Kier molecular flexibility index (Phi) is 2.78. The zero-order chi connectivity index (χ0) is 5.86. The van der Waals surface area contributed by atoms with Gasteiger partial charge in [-0.05, 0) is 0 Å². The Bertz CT molecular complexity index is 42.2. The highest BCUT2D eigenvalue weighted by molar-refractivity contribution is 4.27. The fourth-order valence-corrected chi connectivity index (χ4v) is 0.217. The summed E-state index contributed by atoms with van der Waals surface area (Å²) in [6.45, 7) is -0.611. The Labute approximate surface area is 40.3 Å². The average Bonchev–Trinajstić information content (AvgIpc) is 1.27. The summed E-state index contributed by atoms with van der Waals surface area (Å²) in [5.41, 5.74) is 0. The molecule has 0 rings (SSSR count). The zero-order valence-corrected chi connectivity index (χ0v) is 3.95. The maximum Gasteiger partial charge on any atom is 0.286 e. The third-order valence-electron chi connectivity index (χ3n) is 0.442. The van der Waals surface area contributed by atoms with Crippen LogP contribution >= 0.6 is 0 Å². The number of alkyl halides is 2. The minimum Gasteiger partial charge on any atom is -0.634 e. The summed E-state index contributed by atoms with van der Waals surface area (Å²) >= 11 is 0. The minimum atomic E-state index is -2.47. The van der Waals surface area contributed by atoms with Gasteiger partial charge in [0.2, 0.25) is 0 Å². The Morgan fingerprint density at radius 1 is 1.71 bits per heavy atom. The lowest BCUT2D eigenvalue weighted by Crippen LogP contribution is -3.04. The molecular formula is C3H7F2NO. The Balaban J connectivity index is 2.95. The summed E-state index contributed by atoms with van der Waals surface area (Å²) in [7, 11) is 1.14. The van der Waals surface area contributed by atoms with Crippen molar-refractivity contribution in [2.45, 2.75) is 6.43 Å². The zero-order valence-electron chi connectivity index (χ0n) is 3.95. The van der Waals surface area contributed by atoms with Crippen molar-refractivity contribution in [3.8, 4) is 0 Å². The van der Waals surface area contributed by atoms with Crippen LogP contribution in [0.2, 0.25) is 0 Å². The van der Waals surface area contributed by atoms with Crippen molar-refractivity contribution in [1.82, 2.24) is 0 Å². The summed E-state index contributed by atoms with van der Waals surface area (Å²) in [4.78, 5) is 0. The number of nitrogens with one attached hydrogen (secondary N) is 1. The summed E-state index contributed by atoms with van der Waals surface area (Å²) < 4.78 is 22.1. The fraction of sp³-hybridized carbons (Fsp3) is 1.00. The van der Waals surface area contributed by atoms with Crippen LogP contribution in [0.1, 0.15) is 0 Å². The first-order valence-electron chi connectivity index (χ1n) is 1.90. The topological polar surface area (TPSA) is 27.5 Å². The van der Waals surface area contributed by atoms with Crippen molar-refractivity contribution in [3.05, 3.63) is 5.21 Å². The smallest absolute Gasteiger partial charge is 0.286 e. The van der Waals surface area contributed by atoms with Gasteiger partial charge < -0.3 is 10.3 Å². The van der Waals surface area contributed by atoms with Gasteiger partial charge >= 0.3 is 0 Å².